The van der Waals surface area contributed by atoms with Crippen molar-refractivity contribution in [3.63, 3.8) is 0 Å². The molecule has 9 nitrogen and oxygen atoms in total. The second kappa shape index (κ2) is 13.1. The van der Waals surface area contributed by atoms with E-state index in [1.165, 1.54) is 12.8 Å². The molecule has 2 N–H and O–H groups in total. The minimum Gasteiger partial charge on any atom is -0.475 e. The van der Waals surface area contributed by atoms with E-state index in [9.17, 15) is 31.1 Å². The number of amides is 1. The Balaban J connectivity index is 0.000000301. The largest absolute Gasteiger partial charge is 0.490 e. The summed E-state index contributed by atoms with van der Waals surface area (Å²) in [6.45, 7) is 2.98. The molecule has 4 rings (SSSR count). The van der Waals surface area contributed by atoms with E-state index in [1.54, 1.807) is 6.20 Å². The molecule has 15 heteroatoms. The van der Waals surface area contributed by atoms with Gasteiger partial charge in [-0.3, -0.25) is 9.78 Å². The Kier molecular flexibility index (Phi) is 10.4. The fourth-order valence-electron chi connectivity index (χ4n) is 3.25. The summed E-state index contributed by atoms with van der Waals surface area (Å²) in [5, 5.41) is 14.2. The highest BCUT2D eigenvalue weighted by atomic mass is 19.4. The zero-order chi connectivity index (χ0) is 28.5. The summed E-state index contributed by atoms with van der Waals surface area (Å²) in [6, 6.07) is 8.08. The summed E-state index contributed by atoms with van der Waals surface area (Å²) in [7, 11) is 0. The molecule has 2 aliphatic rings. The molecular formula is C23H24F6N4O5. The number of nitrogens with zero attached hydrogens (tertiary/aromatic N) is 4. The summed E-state index contributed by atoms with van der Waals surface area (Å²) in [5.41, 5.74) is 2.29. The predicted molar refractivity (Wildman–Crippen MR) is 120 cm³/mol. The lowest BCUT2D eigenvalue weighted by Gasteiger charge is -2.24. The number of fused-ring (bicyclic) bond motifs is 1. The number of hydrogen-bond donors (Lipinski definition) is 2. The number of carbonyl (C=O) groups excluding carboxylic acids is 1. The molecule has 0 radical (unpaired) electrons. The van der Waals surface area contributed by atoms with E-state index >= 15 is 0 Å². The number of aliphatic carboxylic acids is 2. The highest BCUT2D eigenvalue weighted by Crippen LogP contribution is 2.33. The molecule has 3 heterocycles. The van der Waals surface area contributed by atoms with E-state index in [1.807, 2.05) is 29.4 Å². The maximum Gasteiger partial charge on any atom is 0.490 e. The van der Waals surface area contributed by atoms with Crippen molar-refractivity contribution in [2.75, 3.05) is 18.0 Å². The number of alkyl halides is 6. The number of carbonyl (C=O) groups is 3. The Hall–Kier alpha value is -3.91. The topological polar surface area (TPSA) is 124 Å². The Labute approximate surface area is 212 Å². The average molecular weight is 550 g/mol. The molecule has 38 heavy (non-hydrogen) atoms. The van der Waals surface area contributed by atoms with Gasteiger partial charge in [-0.25, -0.2) is 14.6 Å². The van der Waals surface area contributed by atoms with Crippen molar-refractivity contribution < 1.29 is 50.9 Å². The van der Waals surface area contributed by atoms with Crippen LogP contribution >= 0.6 is 0 Å². The van der Waals surface area contributed by atoms with Gasteiger partial charge in [0, 0.05) is 56.8 Å². The minimum absolute atomic E-state index is 0.288. The van der Waals surface area contributed by atoms with Crippen molar-refractivity contribution in [3.05, 3.63) is 54.0 Å². The number of pyridine rings is 2. The van der Waals surface area contributed by atoms with Gasteiger partial charge in [0.15, 0.2) is 0 Å². The van der Waals surface area contributed by atoms with Crippen LogP contribution in [0.25, 0.3) is 0 Å². The molecule has 0 spiro atoms. The highest BCUT2D eigenvalue weighted by molar-refractivity contribution is 5.77. The minimum atomic E-state index is -5.08. The smallest absolute Gasteiger partial charge is 0.475 e. The normalized spacial score (nSPS) is 15.1. The standard InChI is InChI=1S/C19H22N4O.2C2HF3O2/c24-18(11-15-5-6-15)22-9-10-23(13-16-3-1-7-20-12-16)19-17(14-22)4-2-8-21-19;2*3-2(4,5)1(6)7/h1-4,7-8,12,15H,5-6,9-11,13-14H2;2*(H,6,7). The van der Waals surface area contributed by atoms with E-state index in [-0.39, 0.29) is 5.91 Å². The van der Waals surface area contributed by atoms with Crippen LogP contribution in [0.2, 0.25) is 0 Å². The van der Waals surface area contributed by atoms with Crippen molar-refractivity contribution in [3.8, 4) is 0 Å². The van der Waals surface area contributed by atoms with Crippen molar-refractivity contribution >= 4 is 23.7 Å². The van der Waals surface area contributed by atoms with Gasteiger partial charge < -0.3 is 20.0 Å². The predicted octanol–water partition coefficient (Wildman–Crippen LogP) is 3.89. The Morgan fingerprint density at radius 1 is 0.921 bits per heavy atom. The van der Waals surface area contributed by atoms with Gasteiger partial charge in [-0.15, -0.1) is 0 Å². The maximum absolute atomic E-state index is 12.6. The molecule has 0 saturated heterocycles. The molecule has 1 fully saturated rings. The second-order valence-electron chi connectivity index (χ2n) is 8.34. The lowest BCUT2D eigenvalue weighted by Crippen LogP contribution is -2.35. The molecule has 1 aliphatic carbocycles. The van der Waals surface area contributed by atoms with Gasteiger partial charge in [0.2, 0.25) is 5.91 Å². The number of halogens is 6. The van der Waals surface area contributed by atoms with E-state index in [0.717, 1.165) is 36.6 Å². The van der Waals surface area contributed by atoms with Gasteiger partial charge in [0.05, 0.1) is 0 Å². The molecule has 1 amide bonds. The van der Waals surface area contributed by atoms with Crippen LogP contribution in [0.4, 0.5) is 32.2 Å². The van der Waals surface area contributed by atoms with Gasteiger partial charge >= 0.3 is 24.3 Å². The first-order valence-corrected chi connectivity index (χ1v) is 11.1. The monoisotopic (exact) mass is 550 g/mol. The van der Waals surface area contributed by atoms with Crippen LogP contribution in [0.1, 0.15) is 30.4 Å². The number of carboxylic acids is 2. The Bertz CT molecular complexity index is 1070. The van der Waals surface area contributed by atoms with Crippen molar-refractivity contribution in [2.45, 2.75) is 44.7 Å². The molecule has 1 aliphatic heterocycles. The quantitative estimate of drug-likeness (QED) is 0.550. The first kappa shape index (κ1) is 30.3. The van der Waals surface area contributed by atoms with Crippen molar-refractivity contribution in [1.29, 1.82) is 0 Å². The van der Waals surface area contributed by atoms with Crippen LogP contribution in [0, 0.1) is 5.92 Å². The van der Waals surface area contributed by atoms with Gasteiger partial charge in [0.1, 0.15) is 5.82 Å². The lowest BCUT2D eigenvalue weighted by molar-refractivity contribution is -0.193. The summed E-state index contributed by atoms with van der Waals surface area (Å²) in [6.07, 6.45) is -1.52. The second-order valence-corrected chi connectivity index (χ2v) is 8.34. The number of hydrogen-bond acceptors (Lipinski definition) is 6. The van der Waals surface area contributed by atoms with E-state index in [2.05, 4.69) is 27.0 Å². The summed E-state index contributed by atoms with van der Waals surface area (Å²) < 4.78 is 63.5. The zero-order valence-corrected chi connectivity index (χ0v) is 19.7. The van der Waals surface area contributed by atoms with E-state index in [0.29, 0.717) is 18.9 Å². The van der Waals surface area contributed by atoms with Gasteiger partial charge in [0.25, 0.3) is 0 Å². The van der Waals surface area contributed by atoms with Crippen molar-refractivity contribution in [2.24, 2.45) is 5.92 Å². The maximum atomic E-state index is 12.6. The Morgan fingerprint density at radius 2 is 1.50 bits per heavy atom. The third-order valence-electron chi connectivity index (χ3n) is 5.26. The molecule has 1 saturated carbocycles. The van der Waals surface area contributed by atoms with Crippen LogP contribution in [0.5, 0.6) is 0 Å². The molecule has 0 aromatic carbocycles. The fourth-order valence-corrected chi connectivity index (χ4v) is 3.25. The molecule has 0 unspecified atom stereocenters. The van der Waals surface area contributed by atoms with Gasteiger partial charge in [-0.2, -0.15) is 26.3 Å². The van der Waals surface area contributed by atoms with Crippen LogP contribution in [-0.2, 0) is 27.5 Å². The first-order valence-electron chi connectivity index (χ1n) is 11.1. The number of rotatable bonds is 4. The van der Waals surface area contributed by atoms with Crippen molar-refractivity contribution in [1.82, 2.24) is 14.9 Å². The number of aromatic nitrogens is 2. The van der Waals surface area contributed by atoms with Crippen LogP contribution in [-0.4, -0.2) is 68.4 Å². The molecule has 2 aromatic heterocycles. The van der Waals surface area contributed by atoms with Crippen LogP contribution in [0.3, 0.4) is 0 Å². The fraction of sp³-hybridized carbons (Fsp3) is 0.435. The molecule has 0 atom stereocenters. The third-order valence-corrected chi connectivity index (χ3v) is 5.26. The molecular weight excluding hydrogens is 526 g/mol. The Morgan fingerprint density at radius 3 is 2.00 bits per heavy atom. The SMILES string of the molecule is O=C(CC1CC1)N1CCN(Cc2cccnc2)c2ncccc2C1.O=C(O)C(F)(F)F.O=C(O)C(F)(F)F. The third kappa shape index (κ3) is 10.2. The zero-order valence-electron chi connectivity index (χ0n) is 19.7. The van der Waals surface area contributed by atoms with Gasteiger partial charge in [-0.05, 0) is 36.5 Å². The molecule has 208 valence electrons. The highest BCUT2D eigenvalue weighted by Gasteiger charge is 2.39. The summed E-state index contributed by atoms with van der Waals surface area (Å²) >= 11 is 0. The van der Waals surface area contributed by atoms with E-state index in [4.69, 9.17) is 19.8 Å². The van der Waals surface area contributed by atoms with Crippen LogP contribution in [0.15, 0.2) is 42.9 Å². The average Bonchev–Trinajstić information content (AvgIpc) is 3.66. The summed E-state index contributed by atoms with van der Waals surface area (Å²) in [4.78, 5) is 43.4. The van der Waals surface area contributed by atoms with E-state index < -0.39 is 24.3 Å². The lowest BCUT2D eigenvalue weighted by atomic mass is 10.2. The number of carboxylic acid groups (broad SMARTS) is 2. The van der Waals surface area contributed by atoms with Crippen LogP contribution < -0.4 is 4.90 Å². The van der Waals surface area contributed by atoms with Gasteiger partial charge in [-0.1, -0.05) is 12.1 Å². The number of anilines is 1. The summed E-state index contributed by atoms with van der Waals surface area (Å²) in [5.74, 6) is -3.61. The molecule has 2 aromatic rings. The molecule has 0 bridgehead atoms. The first-order chi connectivity index (χ1) is 17.7.